The third kappa shape index (κ3) is 3.39. The Hall–Kier alpha value is -1.73. The van der Waals surface area contributed by atoms with Gasteiger partial charge in [-0.15, -0.1) is 5.10 Å². The van der Waals surface area contributed by atoms with Crippen LogP contribution in [-0.2, 0) is 23.1 Å². The van der Waals surface area contributed by atoms with Crippen LogP contribution in [0.25, 0.3) is 0 Å². The first kappa shape index (κ1) is 13.7. The average molecular weight is 265 g/mol. The molecule has 0 aliphatic rings. The Morgan fingerprint density at radius 2 is 2.00 bits per heavy atom. The molecular weight excluding hydrogens is 246 g/mol. The lowest BCUT2D eigenvalue weighted by Crippen LogP contribution is -2.09. The van der Waals surface area contributed by atoms with E-state index in [2.05, 4.69) is 15.3 Å². The number of aromatic nitrogens is 5. The number of rotatable bonds is 7. The fraction of sp³-hybridized carbons (Fsp3) is 0.583. The first-order valence-electron chi connectivity index (χ1n) is 6.33. The third-order valence-corrected chi connectivity index (χ3v) is 2.67. The molecule has 0 aliphatic carbocycles. The molecule has 0 N–H and O–H groups in total. The maximum absolute atomic E-state index is 5.49. The molecule has 0 unspecified atom stereocenters. The number of hydrogen-bond acceptors (Lipinski definition) is 5. The highest BCUT2D eigenvalue weighted by Crippen LogP contribution is 2.16. The Kier molecular flexibility index (Phi) is 4.64. The quantitative estimate of drug-likeness (QED) is 0.702. The molecule has 0 aliphatic heterocycles. The maximum Gasteiger partial charge on any atom is 0.204 e. The maximum atomic E-state index is 5.49. The minimum Gasteiger partial charge on any atom is -0.347 e. The Balaban J connectivity index is 2.07. The van der Waals surface area contributed by atoms with Crippen LogP contribution in [0, 0.1) is 0 Å². The standard InChI is InChI=1S/C12H19N5O2/c1-4-18-12(19-5-2)11-8-17(15-14-11)7-10-6-13-9-16(10)3/h6,8-9,12H,4-5,7H2,1-3H3. The summed E-state index contributed by atoms with van der Waals surface area (Å²) in [5.41, 5.74) is 1.74. The summed E-state index contributed by atoms with van der Waals surface area (Å²) in [5.74, 6) is 0. The van der Waals surface area contributed by atoms with Gasteiger partial charge < -0.3 is 14.0 Å². The van der Waals surface area contributed by atoms with Gasteiger partial charge in [0.25, 0.3) is 0 Å². The van der Waals surface area contributed by atoms with Crippen molar-refractivity contribution < 1.29 is 9.47 Å². The first-order chi connectivity index (χ1) is 9.24. The highest BCUT2D eigenvalue weighted by molar-refractivity contribution is 5.01. The lowest BCUT2D eigenvalue weighted by Gasteiger charge is -2.13. The normalized spacial score (nSPS) is 11.4. The van der Waals surface area contributed by atoms with Crippen LogP contribution in [0.1, 0.15) is 31.5 Å². The summed E-state index contributed by atoms with van der Waals surface area (Å²) in [6.07, 6.45) is 4.96. The fourth-order valence-electron chi connectivity index (χ4n) is 1.72. The summed E-state index contributed by atoms with van der Waals surface area (Å²) in [4.78, 5) is 4.07. The van der Waals surface area contributed by atoms with Crippen LogP contribution in [0.15, 0.2) is 18.7 Å². The molecule has 104 valence electrons. The van der Waals surface area contributed by atoms with Gasteiger partial charge in [0.05, 0.1) is 31.0 Å². The molecule has 0 saturated heterocycles. The molecule has 0 bridgehead atoms. The number of hydrogen-bond donors (Lipinski definition) is 0. The number of aryl methyl sites for hydroxylation is 1. The molecule has 7 heteroatoms. The van der Waals surface area contributed by atoms with Gasteiger partial charge >= 0.3 is 0 Å². The van der Waals surface area contributed by atoms with Crippen LogP contribution in [0.2, 0.25) is 0 Å². The Labute approximate surface area is 112 Å². The van der Waals surface area contributed by atoms with Gasteiger partial charge in [0.15, 0.2) is 0 Å². The van der Waals surface area contributed by atoms with E-state index in [1.165, 1.54) is 0 Å². The second kappa shape index (κ2) is 6.44. The Morgan fingerprint density at radius 3 is 2.58 bits per heavy atom. The lowest BCUT2D eigenvalue weighted by atomic mass is 10.4. The fourth-order valence-corrected chi connectivity index (χ4v) is 1.72. The number of ether oxygens (including phenoxy) is 2. The van der Waals surface area contributed by atoms with E-state index in [1.54, 1.807) is 11.0 Å². The lowest BCUT2D eigenvalue weighted by molar-refractivity contribution is -0.142. The highest BCUT2D eigenvalue weighted by Gasteiger charge is 2.15. The van der Waals surface area contributed by atoms with Gasteiger partial charge in [0.2, 0.25) is 6.29 Å². The van der Waals surface area contributed by atoms with Crippen molar-refractivity contribution in [3.05, 3.63) is 30.1 Å². The van der Waals surface area contributed by atoms with Crippen molar-refractivity contribution in [1.82, 2.24) is 24.5 Å². The molecule has 2 heterocycles. The van der Waals surface area contributed by atoms with Crippen molar-refractivity contribution in [3.8, 4) is 0 Å². The highest BCUT2D eigenvalue weighted by atomic mass is 16.7. The summed E-state index contributed by atoms with van der Waals surface area (Å²) >= 11 is 0. The van der Waals surface area contributed by atoms with Crippen LogP contribution in [-0.4, -0.2) is 37.8 Å². The first-order valence-corrected chi connectivity index (χ1v) is 6.33. The molecule has 0 radical (unpaired) electrons. The monoisotopic (exact) mass is 265 g/mol. The van der Waals surface area contributed by atoms with Gasteiger partial charge in [-0.2, -0.15) is 0 Å². The van der Waals surface area contributed by atoms with Gasteiger partial charge in [0.1, 0.15) is 5.69 Å². The van der Waals surface area contributed by atoms with E-state index in [-0.39, 0.29) is 0 Å². The van der Waals surface area contributed by atoms with E-state index in [0.29, 0.717) is 25.5 Å². The predicted molar refractivity (Wildman–Crippen MR) is 68.3 cm³/mol. The summed E-state index contributed by atoms with van der Waals surface area (Å²) in [7, 11) is 1.95. The third-order valence-electron chi connectivity index (χ3n) is 2.67. The second-order valence-electron chi connectivity index (χ2n) is 4.08. The van der Waals surface area contributed by atoms with Crippen LogP contribution in [0.3, 0.4) is 0 Å². The molecule has 2 aromatic rings. The summed E-state index contributed by atoms with van der Waals surface area (Å²) < 4.78 is 14.7. The molecule has 0 amide bonds. The molecule has 0 atom stereocenters. The molecule has 7 nitrogen and oxygen atoms in total. The van der Waals surface area contributed by atoms with E-state index in [1.807, 2.05) is 37.9 Å². The zero-order valence-corrected chi connectivity index (χ0v) is 11.5. The summed E-state index contributed by atoms with van der Waals surface area (Å²) in [6, 6.07) is 0. The van der Waals surface area contributed by atoms with Crippen LogP contribution in [0.5, 0.6) is 0 Å². The second-order valence-corrected chi connectivity index (χ2v) is 4.08. The molecule has 2 aromatic heterocycles. The van der Waals surface area contributed by atoms with E-state index in [4.69, 9.17) is 9.47 Å². The van der Waals surface area contributed by atoms with Crippen molar-refractivity contribution in [1.29, 1.82) is 0 Å². The van der Waals surface area contributed by atoms with E-state index in [9.17, 15) is 0 Å². The van der Waals surface area contributed by atoms with Crippen molar-refractivity contribution in [2.24, 2.45) is 7.05 Å². The minimum absolute atomic E-state index is 0.449. The number of imidazole rings is 1. The van der Waals surface area contributed by atoms with Crippen LogP contribution in [0.4, 0.5) is 0 Å². The van der Waals surface area contributed by atoms with Crippen LogP contribution < -0.4 is 0 Å². The summed E-state index contributed by atoms with van der Waals surface area (Å²) in [6.45, 7) is 5.60. The molecular formula is C12H19N5O2. The van der Waals surface area contributed by atoms with Gasteiger partial charge in [-0.1, -0.05) is 5.21 Å². The average Bonchev–Trinajstić information content (AvgIpc) is 3.00. The van der Waals surface area contributed by atoms with E-state index >= 15 is 0 Å². The van der Waals surface area contributed by atoms with Crippen molar-refractivity contribution in [3.63, 3.8) is 0 Å². The zero-order chi connectivity index (χ0) is 13.7. The largest absolute Gasteiger partial charge is 0.347 e. The molecule has 19 heavy (non-hydrogen) atoms. The van der Waals surface area contributed by atoms with Gasteiger partial charge in [-0.25, -0.2) is 9.67 Å². The van der Waals surface area contributed by atoms with E-state index in [0.717, 1.165) is 5.69 Å². The van der Waals surface area contributed by atoms with Crippen molar-refractivity contribution in [2.45, 2.75) is 26.7 Å². The molecule has 2 rings (SSSR count). The number of nitrogens with zero attached hydrogens (tertiary/aromatic N) is 5. The van der Waals surface area contributed by atoms with Crippen molar-refractivity contribution in [2.75, 3.05) is 13.2 Å². The smallest absolute Gasteiger partial charge is 0.204 e. The Morgan fingerprint density at radius 1 is 1.26 bits per heavy atom. The predicted octanol–water partition coefficient (Wildman–Crippen LogP) is 1.13. The molecule has 0 spiro atoms. The van der Waals surface area contributed by atoms with Crippen molar-refractivity contribution >= 4 is 0 Å². The zero-order valence-electron chi connectivity index (χ0n) is 11.5. The molecule has 0 saturated carbocycles. The van der Waals surface area contributed by atoms with Gasteiger partial charge in [-0.05, 0) is 13.8 Å². The van der Waals surface area contributed by atoms with Gasteiger partial charge in [0, 0.05) is 20.3 Å². The molecule has 0 fully saturated rings. The molecule has 0 aromatic carbocycles. The summed E-state index contributed by atoms with van der Waals surface area (Å²) in [5, 5.41) is 8.18. The minimum atomic E-state index is -0.449. The van der Waals surface area contributed by atoms with Gasteiger partial charge in [-0.3, -0.25) is 0 Å². The van der Waals surface area contributed by atoms with Crippen LogP contribution >= 0.6 is 0 Å². The SMILES string of the molecule is CCOC(OCC)c1cn(Cc2cncn2C)nn1. The topological polar surface area (TPSA) is 67.0 Å². The Bertz CT molecular complexity index is 502. The van der Waals surface area contributed by atoms with E-state index < -0.39 is 6.29 Å².